The molecule has 0 radical (unpaired) electrons. The van der Waals surface area contributed by atoms with E-state index in [-0.39, 0.29) is 11.8 Å². The fraction of sp³-hybridized carbons (Fsp3) is 0.211. The summed E-state index contributed by atoms with van der Waals surface area (Å²) in [6, 6.07) is 18.9. The van der Waals surface area contributed by atoms with E-state index in [0.29, 0.717) is 0 Å². The van der Waals surface area contributed by atoms with Crippen LogP contribution in [-0.2, 0) is 4.79 Å². The highest BCUT2D eigenvalue weighted by Crippen LogP contribution is 2.28. The first kappa shape index (κ1) is 13.6. The predicted molar refractivity (Wildman–Crippen MR) is 86.4 cm³/mol. The van der Waals surface area contributed by atoms with E-state index < -0.39 is 0 Å². The van der Waals surface area contributed by atoms with Crippen LogP contribution in [0.2, 0.25) is 0 Å². The van der Waals surface area contributed by atoms with E-state index in [2.05, 4.69) is 48.6 Å². The van der Waals surface area contributed by atoms with Crippen molar-refractivity contribution in [2.45, 2.75) is 20.3 Å². The molecule has 0 spiro atoms. The van der Waals surface area contributed by atoms with E-state index in [1.54, 1.807) is 0 Å². The third-order valence-electron chi connectivity index (χ3n) is 4.11. The van der Waals surface area contributed by atoms with Crippen LogP contribution in [0.1, 0.15) is 25.8 Å². The van der Waals surface area contributed by atoms with Crippen LogP contribution in [-0.4, -0.2) is 5.91 Å². The van der Waals surface area contributed by atoms with Crippen LogP contribution in [0.15, 0.2) is 60.3 Å². The smallest absolute Gasteiger partial charge is 0.227 e. The van der Waals surface area contributed by atoms with Crippen molar-refractivity contribution in [3.63, 3.8) is 0 Å². The van der Waals surface area contributed by atoms with Crippen LogP contribution < -0.4 is 5.32 Å². The fourth-order valence-corrected chi connectivity index (χ4v) is 2.69. The average Bonchev–Trinajstić information content (AvgIpc) is 2.87. The maximum absolute atomic E-state index is 11.6. The van der Waals surface area contributed by atoms with E-state index >= 15 is 0 Å². The summed E-state index contributed by atoms with van der Waals surface area (Å²) in [6.07, 6.45) is 0.811. The van der Waals surface area contributed by atoms with Crippen LogP contribution in [0.25, 0.3) is 16.7 Å². The van der Waals surface area contributed by atoms with Gasteiger partial charge in [-0.3, -0.25) is 4.79 Å². The second-order valence-electron chi connectivity index (χ2n) is 5.64. The summed E-state index contributed by atoms with van der Waals surface area (Å²) in [4.78, 5) is 11.6. The molecule has 1 heterocycles. The molecule has 0 aliphatic carbocycles. The number of hydrogen-bond donors (Lipinski definition) is 1. The van der Waals surface area contributed by atoms with Gasteiger partial charge in [-0.2, -0.15) is 0 Å². The molecule has 2 aromatic rings. The lowest BCUT2D eigenvalue weighted by Gasteiger charge is -2.08. The number of nitrogens with one attached hydrogen (secondary N) is 1. The molecular weight excluding hydrogens is 258 g/mol. The van der Waals surface area contributed by atoms with Gasteiger partial charge in [0.1, 0.15) is 0 Å². The molecule has 1 aliphatic rings. The lowest BCUT2D eigenvalue weighted by Crippen LogP contribution is -2.16. The number of benzene rings is 2. The molecule has 1 aliphatic heterocycles. The van der Waals surface area contributed by atoms with Crippen molar-refractivity contribution >= 4 is 11.5 Å². The zero-order chi connectivity index (χ0) is 14.8. The SMILES string of the molecule is C/C(=C1/CC(C)C(=O)N1)c1ccc(-c2ccccc2)cc1. The number of rotatable bonds is 2. The summed E-state index contributed by atoms with van der Waals surface area (Å²) >= 11 is 0. The number of hydrogen-bond acceptors (Lipinski definition) is 1. The van der Waals surface area contributed by atoms with Crippen molar-refractivity contribution in [2.75, 3.05) is 0 Å². The molecule has 2 aromatic carbocycles. The third kappa shape index (κ3) is 2.75. The van der Waals surface area contributed by atoms with Gasteiger partial charge in [-0.15, -0.1) is 0 Å². The summed E-state index contributed by atoms with van der Waals surface area (Å²) in [5.41, 5.74) is 5.81. The third-order valence-corrected chi connectivity index (χ3v) is 4.11. The van der Waals surface area contributed by atoms with Crippen LogP contribution in [0.3, 0.4) is 0 Å². The molecule has 0 saturated carbocycles. The van der Waals surface area contributed by atoms with Gasteiger partial charge in [-0.1, -0.05) is 61.5 Å². The van der Waals surface area contributed by atoms with Gasteiger partial charge < -0.3 is 5.32 Å². The Balaban J connectivity index is 1.88. The van der Waals surface area contributed by atoms with Gasteiger partial charge in [0.25, 0.3) is 0 Å². The molecule has 2 heteroatoms. The zero-order valence-corrected chi connectivity index (χ0v) is 12.4. The average molecular weight is 277 g/mol. The summed E-state index contributed by atoms with van der Waals surface area (Å²) in [6.45, 7) is 4.04. The summed E-state index contributed by atoms with van der Waals surface area (Å²) in [7, 11) is 0. The molecule has 1 atom stereocenters. The van der Waals surface area contributed by atoms with Crippen molar-refractivity contribution in [2.24, 2.45) is 5.92 Å². The Labute approximate surface area is 125 Å². The predicted octanol–water partition coefficient (Wildman–Crippen LogP) is 4.24. The number of carbonyl (C=O) groups excluding carboxylic acids is 1. The first-order valence-corrected chi connectivity index (χ1v) is 7.31. The molecule has 3 rings (SSSR count). The molecule has 106 valence electrons. The van der Waals surface area contributed by atoms with Crippen molar-refractivity contribution in [1.82, 2.24) is 5.32 Å². The molecule has 0 aromatic heterocycles. The highest BCUT2D eigenvalue weighted by molar-refractivity contribution is 5.87. The van der Waals surface area contributed by atoms with Crippen molar-refractivity contribution in [3.05, 3.63) is 65.9 Å². The van der Waals surface area contributed by atoms with Crippen LogP contribution >= 0.6 is 0 Å². The molecule has 0 bridgehead atoms. The van der Waals surface area contributed by atoms with Crippen molar-refractivity contribution < 1.29 is 4.79 Å². The Hall–Kier alpha value is -2.35. The van der Waals surface area contributed by atoms with Gasteiger partial charge in [-0.05, 0) is 35.6 Å². The molecule has 1 fully saturated rings. The minimum Gasteiger partial charge on any atom is -0.329 e. The minimum atomic E-state index is 0.0820. The zero-order valence-electron chi connectivity index (χ0n) is 12.4. The van der Waals surface area contributed by atoms with Crippen molar-refractivity contribution in [3.8, 4) is 11.1 Å². The normalized spacial score (nSPS) is 20.3. The Morgan fingerprint density at radius 3 is 2.19 bits per heavy atom. The fourth-order valence-electron chi connectivity index (χ4n) is 2.69. The summed E-state index contributed by atoms with van der Waals surface area (Å²) < 4.78 is 0. The lowest BCUT2D eigenvalue weighted by atomic mass is 9.99. The molecular formula is C19H19NO. The van der Waals surface area contributed by atoms with Gasteiger partial charge in [0.05, 0.1) is 0 Å². The maximum Gasteiger partial charge on any atom is 0.227 e. The van der Waals surface area contributed by atoms with Gasteiger partial charge in [0.15, 0.2) is 0 Å². The van der Waals surface area contributed by atoms with E-state index in [1.165, 1.54) is 16.7 Å². The van der Waals surface area contributed by atoms with E-state index in [0.717, 1.165) is 17.7 Å². The minimum absolute atomic E-state index is 0.0820. The highest BCUT2D eigenvalue weighted by Gasteiger charge is 2.25. The molecule has 1 saturated heterocycles. The highest BCUT2D eigenvalue weighted by atomic mass is 16.2. The Kier molecular flexibility index (Phi) is 3.61. The Morgan fingerprint density at radius 1 is 1.00 bits per heavy atom. The second-order valence-corrected chi connectivity index (χ2v) is 5.64. The largest absolute Gasteiger partial charge is 0.329 e. The monoisotopic (exact) mass is 277 g/mol. The molecule has 21 heavy (non-hydrogen) atoms. The standard InChI is InChI=1S/C19H19NO/c1-13-12-18(20-19(13)21)14(2)15-8-10-17(11-9-15)16-6-4-3-5-7-16/h3-11,13H,12H2,1-2H3,(H,20,21)/b18-14+. The Bertz CT molecular complexity index is 683. The van der Waals surface area contributed by atoms with Crippen molar-refractivity contribution in [1.29, 1.82) is 0 Å². The van der Waals surface area contributed by atoms with Crippen LogP contribution in [0.4, 0.5) is 0 Å². The van der Waals surface area contributed by atoms with Gasteiger partial charge in [0, 0.05) is 11.6 Å². The molecule has 2 nitrogen and oxygen atoms in total. The number of allylic oxidation sites excluding steroid dienone is 2. The first-order chi connectivity index (χ1) is 10.1. The summed E-state index contributed by atoms with van der Waals surface area (Å²) in [5.74, 6) is 0.212. The summed E-state index contributed by atoms with van der Waals surface area (Å²) in [5, 5.41) is 2.99. The quantitative estimate of drug-likeness (QED) is 0.874. The Morgan fingerprint density at radius 2 is 1.62 bits per heavy atom. The topological polar surface area (TPSA) is 29.1 Å². The van der Waals surface area contributed by atoms with E-state index in [9.17, 15) is 4.79 Å². The van der Waals surface area contributed by atoms with Crippen LogP contribution in [0.5, 0.6) is 0 Å². The lowest BCUT2D eigenvalue weighted by molar-refractivity contribution is -0.121. The molecule has 1 unspecified atom stereocenters. The second kappa shape index (κ2) is 5.57. The van der Waals surface area contributed by atoms with Gasteiger partial charge in [0.2, 0.25) is 5.91 Å². The van der Waals surface area contributed by atoms with E-state index in [4.69, 9.17) is 0 Å². The van der Waals surface area contributed by atoms with Gasteiger partial charge >= 0.3 is 0 Å². The van der Waals surface area contributed by atoms with E-state index in [1.807, 2.05) is 25.1 Å². The van der Waals surface area contributed by atoms with Crippen LogP contribution in [0, 0.1) is 5.92 Å². The van der Waals surface area contributed by atoms with Gasteiger partial charge in [-0.25, -0.2) is 0 Å². The molecule has 1 N–H and O–H groups in total. The molecule has 1 amide bonds. The maximum atomic E-state index is 11.6. The number of amides is 1. The number of carbonyl (C=O) groups is 1. The first-order valence-electron chi connectivity index (χ1n) is 7.31.